The van der Waals surface area contributed by atoms with Crippen LogP contribution in [-0.4, -0.2) is 53.8 Å². The van der Waals surface area contributed by atoms with E-state index in [-0.39, 0.29) is 5.24 Å². The molecule has 15 heavy (non-hydrogen) atoms. The fourth-order valence-electron chi connectivity index (χ4n) is 1.98. The topological polar surface area (TPSA) is 23.6 Å². The molecule has 0 radical (unpaired) electrons. The Morgan fingerprint density at radius 2 is 1.87 bits per heavy atom. The van der Waals surface area contributed by atoms with Crippen molar-refractivity contribution in [3.8, 4) is 0 Å². The lowest BCUT2D eigenvalue weighted by Gasteiger charge is -2.42. The maximum Gasteiger partial charge on any atom is 0.241 e. The highest BCUT2D eigenvalue weighted by Crippen LogP contribution is 2.24. The Hall–Kier alpha value is -0.120. The Morgan fingerprint density at radius 3 is 2.27 bits per heavy atom. The van der Waals surface area contributed by atoms with Crippen molar-refractivity contribution in [2.45, 2.75) is 38.3 Å². The Morgan fingerprint density at radius 1 is 1.40 bits per heavy atom. The lowest BCUT2D eigenvalue weighted by atomic mass is 9.97. The molecule has 0 aromatic carbocycles. The molecule has 0 saturated carbocycles. The van der Waals surface area contributed by atoms with E-state index in [0.717, 1.165) is 25.9 Å². The van der Waals surface area contributed by atoms with Crippen LogP contribution in [0.4, 0.5) is 0 Å². The third-order valence-corrected chi connectivity index (χ3v) is 4.06. The van der Waals surface area contributed by atoms with E-state index < -0.39 is 5.54 Å². The number of likely N-dealkylation sites (tertiary alicyclic amines) is 1. The number of halogens is 1. The van der Waals surface area contributed by atoms with Gasteiger partial charge >= 0.3 is 0 Å². The number of hydrogen-bond donors (Lipinski definition) is 0. The maximum atomic E-state index is 11.3. The number of likely N-dealkylation sites (N-methyl/N-ethyl adjacent to an activating group) is 1. The number of hydrogen-bond acceptors (Lipinski definition) is 3. The van der Waals surface area contributed by atoms with Crippen molar-refractivity contribution in [1.29, 1.82) is 0 Å². The summed E-state index contributed by atoms with van der Waals surface area (Å²) in [5.41, 5.74) is -0.553. The van der Waals surface area contributed by atoms with E-state index in [1.54, 1.807) is 0 Å². The Kier molecular flexibility index (Phi) is 4.15. The highest BCUT2D eigenvalue weighted by Gasteiger charge is 2.35. The lowest BCUT2D eigenvalue weighted by Crippen LogP contribution is -2.53. The molecule has 0 amide bonds. The molecule has 1 fully saturated rings. The van der Waals surface area contributed by atoms with Gasteiger partial charge in [-0.25, -0.2) is 0 Å². The van der Waals surface area contributed by atoms with Gasteiger partial charge in [0.2, 0.25) is 5.24 Å². The average molecular weight is 233 g/mol. The van der Waals surface area contributed by atoms with Crippen LogP contribution in [0.3, 0.4) is 0 Å². The smallest absolute Gasteiger partial charge is 0.241 e. The predicted molar refractivity (Wildman–Crippen MR) is 63.2 cm³/mol. The standard InChI is InChI=1S/C11H21ClN2O/c1-11(2,10(12)15)14(4)9-5-7-13(3)8-6-9/h9H,5-8H2,1-4H3. The summed E-state index contributed by atoms with van der Waals surface area (Å²) in [4.78, 5) is 15.8. The minimum Gasteiger partial charge on any atom is -0.306 e. The van der Waals surface area contributed by atoms with E-state index in [0.29, 0.717) is 6.04 Å². The summed E-state index contributed by atoms with van der Waals surface area (Å²) in [6, 6.07) is 0.471. The highest BCUT2D eigenvalue weighted by molar-refractivity contribution is 6.65. The van der Waals surface area contributed by atoms with Crippen LogP contribution in [0, 0.1) is 0 Å². The van der Waals surface area contributed by atoms with Crippen molar-refractivity contribution >= 4 is 16.8 Å². The van der Waals surface area contributed by atoms with E-state index in [1.165, 1.54) is 0 Å². The van der Waals surface area contributed by atoms with Crippen molar-refractivity contribution in [1.82, 2.24) is 9.80 Å². The molecule has 0 bridgehead atoms. The molecule has 1 aliphatic rings. The van der Waals surface area contributed by atoms with Gasteiger partial charge in [0.15, 0.2) is 0 Å². The molecule has 0 aromatic heterocycles. The van der Waals surface area contributed by atoms with Gasteiger partial charge in [0.1, 0.15) is 0 Å². The molecule has 0 aromatic rings. The zero-order valence-corrected chi connectivity index (χ0v) is 10.8. The minimum atomic E-state index is -0.553. The molecular weight excluding hydrogens is 212 g/mol. The highest BCUT2D eigenvalue weighted by atomic mass is 35.5. The fraction of sp³-hybridized carbons (Fsp3) is 0.909. The van der Waals surface area contributed by atoms with Crippen LogP contribution in [0.5, 0.6) is 0 Å². The number of carbonyl (C=O) groups is 1. The Bertz CT molecular complexity index is 235. The van der Waals surface area contributed by atoms with Gasteiger partial charge in [0, 0.05) is 6.04 Å². The van der Waals surface area contributed by atoms with Crippen LogP contribution in [0.1, 0.15) is 26.7 Å². The molecular formula is C11H21ClN2O. The zero-order valence-electron chi connectivity index (χ0n) is 10.1. The monoisotopic (exact) mass is 232 g/mol. The second-order valence-corrected chi connectivity index (χ2v) is 5.32. The van der Waals surface area contributed by atoms with E-state index in [1.807, 2.05) is 20.9 Å². The number of piperidine rings is 1. The van der Waals surface area contributed by atoms with Gasteiger partial charge in [-0.3, -0.25) is 9.69 Å². The number of rotatable bonds is 3. The third-order valence-electron chi connectivity index (χ3n) is 3.60. The molecule has 1 rings (SSSR count). The molecule has 0 spiro atoms. The largest absolute Gasteiger partial charge is 0.306 e. The van der Waals surface area contributed by atoms with Crippen LogP contribution < -0.4 is 0 Å². The first-order valence-electron chi connectivity index (χ1n) is 5.47. The van der Waals surface area contributed by atoms with Crippen LogP contribution in [0.25, 0.3) is 0 Å². The zero-order chi connectivity index (χ0) is 11.6. The number of nitrogens with zero attached hydrogens (tertiary/aromatic N) is 2. The molecule has 4 heteroatoms. The van der Waals surface area contributed by atoms with Crippen molar-refractivity contribution in [2.75, 3.05) is 27.2 Å². The summed E-state index contributed by atoms with van der Waals surface area (Å²) in [5, 5.41) is -0.274. The van der Waals surface area contributed by atoms with E-state index >= 15 is 0 Å². The minimum absolute atomic E-state index is 0.274. The van der Waals surface area contributed by atoms with Gasteiger partial charge in [-0.15, -0.1) is 0 Å². The number of carbonyl (C=O) groups excluding carboxylic acids is 1. The molecule has 1 aliphatic heterocycles. The van der Waals surface area contributed by atoms with E-state index in [4.69, 9.17) is 11.6 Å². The van der Waals surface area contributed by atoms with E-state index in [2.05, 4.69) is 16.8 Å². The Labute approximate surface area is 97.4 Å². The van der Waals surface area contributed by atoms with Gasteiger partial charge in [0.25, 0.3) is 0 Å². The first kappa shape index (κ1) is 12.9. The van der Waals surface area contributed by atoms with Crippen LogP contribution in [-0.2, 0) is 4.79 Å². The molecule has 0 aliphatic carbocycles. The molecule has 1 heterocycles. The summed E-state index contributed by atoms with van der Waals surface area (Å²) in [5.74, 6) is 0. The third kappa shape index (κ3) is 2.92. The molecule has 0 unspecified atom stereocenters. The van der Waals surface area contributed by atoms with Gasteiger partial charge in [-0.1, -0.05) is 0 Å². The normalized spacial score (nSPS) is 20.9. The summed E-state index contributed by atoms with van der Waals surface area (Å²) in [6.45, 7) is 5.98. The van der Waals surface area contributed by atoms with E-state index in [9.17, 15) is 4.79 Å². The van der Waals surface area contributed by atoms with Crippen molar-refractivity contribution in [2.24, 2.45) is 0 Å². The van der Waals surface area contributed by atoms with Gasteiger partial charge in [-0.2, -0.15) is 0 Å². The van der Waals surface area contributed by atoms with Gasteiger partial charge < -0.3 is 4.90 Å². The predicted octanol–water partition coefficient (Wildman–Crippen LogP) is 1.56. The summed E-state index contributed by atoms with van der Waals surface area (Å²) in [6.07, 6.45) is 2.22. The summed E-state index contributed by atoms with van der Waals surface area (Å²) in [7, 11) is 4.13. The molecule has 88 valence electrons. The molecule has 1 saturated heterocycles. The quantitative estimate of drug-likeness (QED) is 0.690. The van der Waals surface area contributed by atoms with Crippen LogP contribution in [0.15, 0.2) is 0 Å². The maximum absolute atomic E-state index is 11.3. The SMILES string of the molecule is CN1CCC(N(C)C(C)(C)C(=O)Cl)CC1. The first-order chi connectivity index (χ1) is 6.85. The van der Waals surface area contributed by atoms with Crippen LogP contribution in [0.2, 0.25) is 0 Å². The Balaban J connectivity index is 2.60. The fourth-order valence-corrected chi connectivity index (χ4v) is 2.11. The molecule has 0 atom stereocenters. The molecule has 3 nitrogen and oxygen atoms in total. The van der Waals surface area contributed by atoms with Crippen molar-refractivity contribution < 1.29 is 4.79 Å². The van der Waals surface area contributed by atoms with Gasteiger partial charge in [0.05, 0.1) is 5.54 Å². The lowest BCUT2D eigenvalue weighted by molar-refractivity contribution is -0.122. The summed E-state index contributed by atoms with van der Waals surface area (Å²) >= 11 is 5.62. The molecule has 0 N–H and O–H groups in total. The summed E-state index contributed by atoms with van der Waals surface area (Å²) < 4.78 is 0. The second kappa shape index (κ2) is 4.81. The van der Waals surface area contributed by atoms with Crippen molar-refractivity contribution in [3.05, 3.63) is 0 Å². The van der Waals surface area contributed by atoms with Crippen LogP contribution >= 0.6 is 11.6 Å². The average Bonchev–Trinajstić information content (AvgIpc) is 2.17. The first-order valence-corrected chi connectivity index (χ1v) is 5.85. The van der Waals surface area contributed by atoms with Crippen molar-refractivity contribution in [3.63, 3.8) is 0 Å². The van der Waals surface area contributed by atoms with Gasteiger partial charge in [-0.05, 0) is 65.5 Å². The second-order valence-electron chi connectivity index (χ2n) is 4.98.